The lowest BCUT2D eigenvalue weighted by Gasteiger charge is -2.32. The molecule has 1 aromatic heterocycles. The summed E-state index contributed by atoms with van der Waals surface area (Å²) in [6.45, 7) is 3.39. The number of nitrogens with zero attached hydrogens (tertiary/aromatic N) is 1. The van der Waals surface area contributed by atoms with E-state index in [1.807, 2.05) is 0 Å². The molecule has 0 radical (unpaired) electrons. The van der Waals surface area contributed by atoms with E-state index in [0.29, 0.717) is 0 Å². The Kier molecular flexibility index (Phi) is 6.83. The van der Waals surface area contributed by atoms with E-state index in [9.17, 15) is 31.5 Å². The second-order valence-electron chi connectivity index (χ2n) is 7.95. The van der Waals surface area contributed by atoms with Gasteiger partial charge in [-0.05, 0) is 32.0 Å². The van der Waals surface area contributed by atoms with Gasteiger partial charge in [-0.3, -0.25) is 14.6 Å². The molecule has 0 unspecified atom stereocenters. The maximum Gasteiger partial charge on any atom is 0.417 e. The topological polar surface area (TPSA) is 104 Å². The summed E-state index contributed by atoms with van der Waals surface area (Å²) in [4.78, 5) is 28.2. The minimum absolute atomic E-state index is 0.0275. The molecule has 0 aliphatic carbocycles. The number of ether oxygens (including phenoxy) is 2. The smallest absolute Gasteiger partial charge is 0.417 e. The van der Waals surface area contributed by atoms with Crippen LogP contribution in [0, 0.1) is 17.6 Å². The van der Waals surface area contributed by atoms with Crippen LogP contribution in [0.2, 0.25) is 0 Å². The summed E-state index contributed by atoms with van der Waals surface area (Å²) in [5.41, 5.74) is 2.07. The monoisotopic (exact) mass is 487 g/mol. The van der Waals surface area contributed by atoms with Crippen molar-refractivity contribution in [3.05, 3.63) is 53.4 Å². The lowest BCUT2D eigenvalue weighted by atomic mass is 9.77. The number of primary amides is 1. The number of hydrogen-bond acceptors (Lipinski definition) is 5. The standard InChI is InChI=1S/C22H22F5N3O4/c1-4-33-17-12(5-6-13(23)16(17)24)15-10(2)21(3,22(25,26)27)34-18(15)20(32)30-11-7-8-29-14(9-11)19(28)31/h5-10,15,18H,4H2,1-3H3,(H2,28,31)(H,29,30,32)/t10-,15+,18+,21-/m0/s1. The first-order chi connectivity index (χ1) is 15.8. The number of halogens is 5. The quantitative estimate of drug-likeness (QED) is 0.601. The maximum atomic E-state index is 14.5. The molecule has 0 spiro atoms. The Morgan fingerprint density at radius 2 is 1.94 bits per heavy atom. The van der Waals surface area contributed by atoms with Gasteiger partial charge in [-0.1, -0.05) is 13.0 Å². The number of rotatable bonds is 6. The largest absolute Gasteiger partial charge is 0.490 e. The van der Waals surface area contributed by atoms with E-state index in [2.05, 4.69) is 10.3 Å². The van der Waals surface area contributed by atoms with Crippen LogP contribution >= 0.6 is 0 Å². The Balaban J connectivity index is 2.09. The number of anilines is 1. The van der Waals surface area contributed by atoms with Gasteiger partial charge in [-0.15, -0.1) is 0 Å². The number of amides is 2. The summed E-state index contributed by atoms with van der Waals surface area (Å²) in [6.07, 6.45) is -5.48. The SMILES string of the molecule is CCOc1c([C@@H]2[C@H](C(=O)Nc3ccnc(C(N)=O)c3)O[C@](C)(C(F)(F)F)[C@H]2C)ccc(F)c1F. The van der Waals surface area contributed by atoms with Crippen LogP contribution in [0.15, 0.2) is 30.5 Å². The van der Waals surface area contributed by atoms with Gasteiger partial charge in [0.25, 0.3) is 11.8 Å². The number of hydrogen-bond donors (Lipinski definition) is 2. The molecule has 12 heteroatoms. The summed E-state index contributed by atoms with van der Waals surface area (Å²) in [5, 5.41) is 2.38. The Labute approximate surface area is 191 Å². The number of aromatic nitrogens is 1. The highest BCUT2D eigenvalue weighted by Crippen LogP contribution is 2.55. The van der Waals surface area contributed by atoms with Gasteiger partial charge in [-0.2, -0.15) is 17.6 Å². The van der Waals surface area contributed by atoms with Crippen LogP contribution in [0.3, 0.4) is 0 Å². The van der Waals surface area contributed by atoms with Crippen molar-refractivity contribution in [3.8, 4) is 5.75 Å². The fourth-order valence-corrected chi connectivity index (χ4v) is 3.98. The number of carbonyl (C=O) groups excluding carboxylic acids is 2. The number of carbonyl (C=O) groups is 2. The third-order valence-corrected chi connectivity index (χ3v) is 5.93. The zero-order chi connectivity index (χ0) is 25.4. The molecule has 3 rings (SSSR count). The van der Waals surface area contributed by atoms with Crippen LogP contribution in [0.4, 0.5) is 27.6 Å². The van der Waals surface area contributed by atoms with Gasteiger partial charge < -0.3 is 20.5 Å². The van der Waals surface area contributed by atoms with E-state index in [1.54, 1.807) is 0 Å². The number of nitrogens with one attached hydrogen (secondary N) is 1. The number of alkyl halides is 3. The molecular weight excluding hydrogens is 465 g/mol. The lowest BCUT2D eigenvalue weighted by Crippen LogP contribution is -2.47. The number of benzene rings is 1. The molecule has 1 aliphatic heterocycles. The molecular formula is C22H22F5N3O4. The highest BCUT2D eigenvalue weighted by molar-refractivity contribution is 5.97. The van der Waals surface area contributed by atoms with Crippen molar-refractivity contribution >= 4 is 17.5 Å². The molecule has 34 heavy (non-hydrogen) atoms. The zero-order valence-electron chi connectivity index (χ0n) is 18.4. The molecule has 2 heterocycles. The molecule has 2 amide bonds. The molecule has 7 nitrogen and oxygen atoms in total. The zero-order valence-corrected chi connectivity index (χ0v) is 18.4. The number of pyridine rings is 1. The molecule has 184 valence electrons. The Hall–Kier alpha value is -3.28. The van der Waals surface area contributed by atoms with Crippen molar-refractivity contribution in [2.75, 3.05) is 11.9 Å². The fourth-order valence-electron chi connectivity index (χ4n) is 3.98. The summed E-state index contributed by atoms with van der Waals surface area (Å²) < 4.78 is 80.9. The molecule has 3 N–H and O–H groups in total. The fraction of sp³-hybridized carbons (Fsp3) is 0.409. The van der Waals surface area contributed by atoms with E-state index >= 15 is 0 Å². The molecule has 1 fully saturated rings. The predicted molar refractivity (Wildman–Crippen MR) is 110 cm³/mol. The number of nitrogens with two attached hydrogens (primary N) is 1. The minimum atomic E-state index is -4.89. The molecule has 2 aromatic rings. The van der Waals surface area contributed by atoms with Crippen molar-refractivity contribution < 1.29 is 41.0 Å². The average molecular weight is 487 g/mol. The summed E-state index contributed by atoms with van der Waals surface area (Å²) in [7, 11) is 0. The second kappa shape index (κ2) is 9.16. The van der Waals surface area contributed by atoms with Crippen molar-refractivity contribution in [1.82, 2.24) is 4.98 Å². The van der Waals surface area contributed by atoms with Crippen LogP contribution in [-0.2, 0) is 9.53 Å². The molecule has 0 bridgehead atoms. The Bertz CT molecular complexity index is 1110. The minimum Gasteiger partial charge on any atom is -0.490 e. The summed E-state index contributed by atoms with van der Waals surface area (Å²) >= 11 is 0. The normalized spacial score (nSPS) is 24.6. The van der Waals surface area contributed by atoms with Crippen molar-refractivity contribution in [3.63, 3.8) is 0 Å². The van der Waals surface area contributed by atoms with E-state index in [0.717, 1.165) is 25.1 Å². The van der Waals surface area contributed by atoms with E-state index in [4.69, 9.17) is 15.2 Å². The maximum absolute atomic E-state index is 14.5. The predicted octanol–water partition coefficient (Wildman–Crippen LogP) is 3.94. The Morgan fingerprint density at radius 1 is 1.26 bits per heavy atom. The van der Waals surface area contributed by atoms with Gasteiger partial charge in [0.15, 0.2) is 17.2 Å². The molecule has 4 atom stereocenters. The first-order valence-corrected chi connectivity index (χ1v) is 10.2. The van der Waals surface area contributed by atoms with Crippen LogP contribution in [0.1, 0.15) is 42.7 Å². The first kappa shape index (κ1) is 25.3. The molecule has 0 saturated carbocycles. The van der Waals surface area contributed by atoms with Crippen molar-refractivity contribution in [2.45, 2.75) is 44.6 Å². The highest BCUT2D eigenvalue weighted by Gasteiger charge is 2.65. The van der Waals surface area contributed by atoms with E-state index < -0.39 is 58.9 Å². The van der Waals surface area contributed by atoms with Gasteiger partial charge in [0.2, 0.25) is 5.82 Å². The van der Waals surface area contributed by atoms with Crippen LogP contribution in [-0.4, -0.2) is 41.3 Å². The van der Waals surface area contributed by atoms with E-state index in [-0.39, 0.29) is 23.6 Å². The van der Waals surface area contributed by atoms with Crippen LogP contribution in [0.25, 0.3) is 0 Å². The lowest BCUT2D eigenvalue weighted by molar-refractivity contribution is -0.272. The van der Waals surface area contributed by atoms with Crippen LogP contribution < -0.4 is 15.8 Å². The molecule has 1 aliphatic rings. The Morgan fingerprint density at radius 3 is 2.53 bits per heavy atom. The van der Waals surface area contributed by atoms with Crippen molar-refractivity contribution in [1.29, 1.82) is 0 Å². The second-order valence-corrected chi connectivity index (χ2v) is 7.95. The van der Waals surface area contributed by atoms with Gasteiger partial charge in [0.05, 0.1) is 6.61 Å². The molecule has 1 saturated heterocycles. The molecule has 1 aromatic carbocycles. The summed E-state index contributed by atoms with van der Waals surface area (Å²) in [5.74, 6) is -7.87. The van der Waals surface area contributed by atoms with Gasteiger partial charge in [-0.25, -0.2) is 4.39 Å². The highest BCUT2D eigenvalue weighted by atomic mass is 19.4. The van der Waals surface area contributed by atoms with Gasteiger partial charge >= 0.3 is 6.18 Å². The van der Waals surface area contributed by atoms with Gasteiger partial charge in [0, 0.05) is 29.3 Å². The summed E-state index contributed by atoms with van der Waals surface area (Å²) in [6, 6.07) is 4.26. The van der Waals surface area contributed by atoms with Gasteiger partial charge in [0.1, 0.15) is 11.8 Å². The average Bonchev–Trinajstić information content (AvgIpc) is 3.04. The van der Waals surface area contributed by atoms with E-state index in [1.165, 1.54) is 26.1 Å². The third-order valence-electron chi connectivity index (χ3n) is 5.93. The van der Waals surface area contributed by atoms with Crippen LogP contribution in [0.5, 0.6) is 5.75 Å². The first-order valence-electron chi connectivity index (χ1n) is 10.2. The van der Waals surface area contributed by atoms with Crippen molar-refractivity contribution in [2.24, 2.45) is 11.7 Å². The third kappa shape index (κ3) is 4.41.